The van der Waals surface area contributed by atoms with Crippen molar-refractivity contribution in [3.8, 4) is 11.4 Å². The molecule has 3 aromatic rings. The van der Waals surface area contributed by atoms with Crippen LogP contribution < -0.4 is 5.32 Å². The van der Waals surface area contributed by atoms with Gasteiger partial charge in [0.05, 0.1) is 6.20 Å². The second-order valence-corrected chi connectivity index (χ2v) is 6.30. The lowest BCUT2D eigenvalue weighted by molar-refractivity contribution is 0.0523. The topological polar surface area (TPSA) is 106 Å². The molecule has 3 aromatic heterocycles. The van der Waals surface area contributed by atoms with Gasteiger partial charge >= 0.3 is 6.09 Å². The number of pyridine rings is 1. The van der Waals surface area contributed by atoms with E-state index in [1.807, 2.05) is 26.8 Å². The summed E-state index contributed by atoms with van der Waals surface area (Å²) >= 11 is 0. The fourth-order valence-corrected chi connectivity index (χ4v) is 2.04. The number of nitrogens with one attached hydrogen (secondary N) is 2. The standard InChI is InChI=1S/C16H18N6O2/c1-16(2,3)24-15(23)20-7-10-5-17-13(18-6-10)11-4-12-9-21-22-14(12)19-8-11/h4-6,8-9H,7H2,1-3H3,(H,20,23)(H,19,21,22). The van der Waals surface area contributed by atoms with E-state index in [1.165, 1.54) is 0 Å². The molecular formula is C16H18N6O2. The molecule has 0 bridgehead atoms. The van der Waals surface area contributed by atoms with Crippen LogP contribution in [0.3, 0.4) is 0 Å². The molecule has 8 nitrogen and oxygen atoms in total. The predicted octanol–water partition coefficient (Wildman–Crippen LogP) is 2.44. The molecule has 0 aromatic carbocycles. The summed E-state index contributed by atoms with van der Waals surface area (Å²) in [5, 5.41) is 10.3. The molecule has 124 valence electrons. The van der Waals surface area contributed by atoms with Crippen LogP contribution in [0.25, 0.3) is 22.4 Å². The van der Waals surface area contributed by atoms with Crippen LogP contribution in [0, 0.1) is 0 Å². The van der Waals surface area contributed by atoms with Crippen molar-refractivity contribution < 1.29 is 9.53 Å². The number of amides is 1. The highest BCUT2D eigenvalue weighted by Gasteiger charge is 2.15. The molecule has 0 unspecified atom stereocenters. The molecule has 0 saturated carbocycles. The van der Waals surface area contributed by atoms with Gasteiger partial charge in [0.15, 0.2) is 11.5 Å². The Morgan fingerprint density at radius 2 is 1.92 bits per heavy atom. The largest absolute Gasteiger partial charge is 0.444 e. The number of fused-ring (bicyclic) bond motifs is 1. The quantitative estimate of drug-likeness (QED) is 0.766. The number of carbonyl (C=O) groups is 1. The maximum absolute atomic E-state index is 11.6. The van der Waals surface area contributed by atoms with Gasteiger partial charge in [-0.05, 0) is 26.8 Å². The summed E-state index contributed by atoms with van der Waals surface area (Å²) in [6.07, 6.45) is 6.25. The Morgan fingerprint density at radius 1 is 1.17 bits per heavy atom. The van der Waals surface area contributed by atoms with Gasteiger partial charge in [0, 0.05) is 41.6 Å². The van der Waals surface area contributed by atoms with Gasteiger partial charge in [0.1, 0.15) is 5.60 Å². The van der Waals surface area contributed by atoms with Crippen LogP contribution in [0.1, 0.15) is 26.3 Å². The molecule has 0 radical (unpaired) electrons. The predicted molar refractivity (Wildman–Crippen MR) is 88.0 cm³/mol. The second-order valence-electron chi connectivity index (χ2n) is 6.30. The molecular weight excluding hydrogens is 308 g/mol. The Bertz CT molecular complexity index is 851. The third-order valence-electron chi connectivity index (χ3n) is 3.09. The zero-order valence-corrected chi connectivity index (χ0v) is 13.7. The van der Waals surface area contributed by atoms with Gasteiger partial charge in [-0.2, -0.15) is 5.10 Å². The maximum atomic E-state index is 11.6. The van der Waals surface area contributed by atoms with Crippen molar-refractivity contribution in [2.45, 2.75) is 32.9 Å². The van der Waals surface area contributed by atoms with Crippen molar-refractivity contribution in [3.63, 3.8) is 0 Å². The van der Waals surface area contributed by atoms with Gasteiger partial charge in [-0.3, -0.25) is 5.10 Å². The molecule has 0 aliphatic carbocycles. The zero-order chi connectivity index (χ0) is 17.2. The van der Waals surface area contributed by atoms with Crippen LogP contribution in [0.15, 0.2) is 30.9 Å². The Hall–Kier alpha value is -3.03. The molecule has 0 aliphatic rings. The number of H-pyrrole nitrogens is 1. The molecule has 0 spiro atoms. The van der Waals surface area contributed by atoms with Gasteiger partial charge in [-0.15, -0.1) is 0 Å². The number of alkyl carbamates (subject to hydrolysis) is 1. The van der Waals surface area contributed by atoms with Crippen molar-refractivity contribution in [2.24, 2.45) is 0 Å². The van der Waals surface area contributed by atoms with Crippen molar-refractivity contribution in [1.29, 1.82) is 0 Å². The highest BCUT2D eigenvalue weighted by atomic mass is 16.6. The first-order valence-electron chi connectivity index (χ1n) is 7.48. The number of nitrogens with zero attached hydrogens (tertiary/aromatic N) is 4. The van der Waals surface area contributed by atoms with E-state index in [9.17, 15) is 4.79 Å². The van der Waals surface area contributed by atoms with E-state index in [0.29, 0.717) is 12.4 Å². The molecule has 0 aliphatic heterocycles. The van der Waals surface area contributed by atoms with Crippen LogP contribution in [0.5, 0.6) is 0 Å². The first-order valence-corrected chi connectivity index (χ1v) is 7.48. The number of hydrogen-bond donors (Lipinski definition) is 2. The number of carbonyl (C=O) groups excluding carboxylic acids is 1. The first-order chi connectivity index (χ1) is 11.4. The third-order valence-corrected chi connectivity index (χ3v) is 3.09. The highest BCUT2D eigenvalue weighted by molar-refractivity contribution is 5.78. The number of aromatic amines is 1. The summed E-state index contributed by atoms with van der Waals surface area (Å²) in [5.41, 5.74) is 1.78. The smallest absolute Gasteiger partial charge is 0.407 e. The summed E-state index contributed by atoms with van der Waals surface area (Å²) in [7, 11) is 0. The van der Waals surface area contributed by atoms with Crippen molar-refractivity contribution >= 4 is 17.1 Å². The summed E-state index contributed by atoms with van der Waals surface area (Å²) in [6, 6.07) is 1.92. The van der Waals surface area contributed by atoms with Crippen LogP contribution in [0.2, 0.25) is 0 Å². The molecule has 0 atom stereocenters. The number of hydrogen-bond acceptors (Lipinski definition) is 6. The van der Waals surface area contributed by atoms with Gasteiger partial charge in [-0.25, -0.2) is 19.7 Å². The first kappa shape index (κ1) is 15.9. The minimum absolute atomic E-state index is 0.300. The SMILES string of the molecule is CC(C)(C)OC(=O)NCc1cnc(-c2cnc3[nH]ncc3c2)nc1. The van der Waals surface area contributed by atoms with Crippen LogP contribution in [-0.2, 0) is 11.3 Å². The van der Waals surface area contributed by atoms with Crippen molar-refractivity contribution in [3.05, 3.63) is 36.4 Å². The van der Waals surface area contributed by atoms with Crippen LogP contribution in [-0.4, -0.2) is 36.8 Å². The van der Waals surface area contributed by atoms with E-state index < -0.39 is 11.7 Å². The van der Waals surface area contributed by atoms with E-state index in [2.05, 4.69) is 30.5 Å². The monoisotopic (exact) mass is 326 g/mol. The minimum atomic E-state index is -0.525. The lowest BCUT2D eigenvalue weighted by Crippen LogP contribution is -2.32. The van der Waals surface area contributed by atoms with Gasteiger partial charge in [0.2, 0.25) is 0 Å². The fraction of sp³-hybridized carbons (Fsp3) is 0.312. The molecule has 3 rings (SSSR count). The van der Waals surface area contributed by atoms with E-state index in [0.717, 1.165) is 22.2 Å². The summed E-state index contributed by atoms with van der Waals surface area (Å²) in [5.74, 6) is 0.562. The minimum Gasteiger partial charge on any atom is -0.444 e. The van der Waals surface area contributed by atoms with E-state index >= 15 is 0 Å². The molecule has 3 heterocycles. The van der Waals surface area contributed by atoms with Crippen LogP contribution in [0.4, 0.5) is 4.79 Å². The molecule has 24 heavy (non-hydrogen) atoms. The Morgan fingerprint density at radius 3 is 2.62 bits per heavy atom. The van der Waals surface area contributed by atoms with Gasteiger partial charge < -0.3 is 10.1 Å². The lowest BCUT2D eigenvalue weighted by Gasteiger charge is -2.19. The average Bonchev–Trinajstić information content (AvgIpc) is 2.99. The van der Waals surface area contributed by atoms with Gasteiger partial charge in [0.25, 0.3) is 0 Å². The maximum Gasteiger partial charge on any atom is 0.407 e. The number of ether oxygens (including phenoxy) is 1. The molecule has 8 heteroatoms. The highest BCUT2D eigenvalue weighted by Crippen LogP contribution is 2.18. The fourth-order valence-electron chi connectivity index (χ4n) is 2.04. The summed E-state index contributed by atoms with van der Waals surface area (Å²) < 4.78 is 5.18. The Kier molecular flexibility index (Phi) is 4.11. The summed E-state index contributed by atoms with van der Waals surface area (Å²) in [4.78, 5) is 24.5. The van der Waals surface area contributed by atoms with E-state index in [1.54, 1.807) is 24.8 Å². The molecule has 1 amide bonds. The third kappa shape index (κ3) is 3.83. The average molecular weight is 326 g/mol. The normalized spacial score (nSPS) is 11.5. The zero-order valence-electron chi connectivity index (χ0n) is 13.7. The molecule has 0 fully saturated rings. The molecule has 2 N–H and O–H groups in total. The van der Waals surface area contributed by atoms with Crippen LogP contribution >= 0.6 is 0 Å². The van der Waals surface area contributed by atoms with Crippen molar-refractivity contribution in [2.75, 3.05) is 0 Å². The van der Waals surface area contributed by atoms with Crippen molar-refractivity contribution in [1.82, 2.24) is 30.5 Å². The summed E-state index contributed by atoms with van der Waals surface area (Å²) in [6.45, 7) is 5.74. The number of rotatable bonds is 3. The Balaban J connectivity index is 1.66. The molecule has 0 saturated heterocycles. The lowest BCUT2D eigenvalue weighted by atomic mass is 10.2. The number of aromatic nitrogens is 5. The van der Waals surface area contributed by atoms with E-state index in [4.69, 9.17) is 4.74 Å². The Labute approximate surface area is 138 Å². The van der Waals surface area contributed by atoms with E-state index in [-0.39, 0.29) is 0 Å². The second kappa shape index (κ2) is 6.23. The van der Waals surface area contributed by atoms with Gasteiger partial charge in [-0.1, -0.05) is 0 Å².